The van der Waals surface area contributed by atoms with Crippen LogP contribution in [0.4, 0.5) is 5.69 Å². The highest BCUT2D eigenvalue weighted by Crippen LogP contribution is 2.22. The average molecular weight is 423 g/mol. The maximum absolute atomic E-state index is 12.1. The minimum atomic E-state index is -3.62. The molecule has 1 aliphatic heterocycles. The van der Waals surface area contributed by atoms with Crippen LogP contribution in [0.3, 0.4) is 0 Å². The van der Waals surface area contributed by atoms with Crippen LogP contribution in [0.1, 0.15) is 10.4 Å². The number of aromatic carboxylic acids is 1. The van der Waals surface area contributed by atoms with Crippen LogP contribution in [0, 0.1) is 0 Å². The summed E-state index contributed by atoms with van der Waals surface area (Å²) in [5.74, 6) is -1.44. The Morgan fingerprint density at radius 3 is 2.43 bits per heavy atom. The fourth-order valence-electron chi connectivity index (χ4n) is 1.65. The lowest BCUT2D eigenvalue weighted by Gasteiger charge is -2.15. The number of carbonyl (C=O) groups excluding carboxylic acids is 1. The number of benzene rings is 1. The summed E-state index contributed by atoms with van der Waals surface area (Å²) in [6.45, 7) is 0. The molecule has 0 bridgehead atoms. The molecule has 1 aromatic rings. The van der Waals surface area contributed by atoms with Crippen molar-refractivity contribution in [3.8, 4) is 0 Å². The fraction of sp³-hybridized carbons (Fsp3) is 0.182. The number of amides is 1. The number of halogens is 1. The van der Waals surface area contributed by atoms with E-state index >= 15 is 0 Å². The van der Waals surface area contributed by atoms with E-state index in [0.29, 0.717) is 5.69 Å². The highest BCUT2D eigenvalue weighted by molar-refractivity contribution is 14.1. The maximum Gasteiger partial charge on any atom is 0.335 e. The number of alkyl halides is 1. The average Bonchev–Trinajstić information content (AvgIpc) is 2.65. The van der Waals surface area contributed by atoms with Crippen molar-refractivity contribution in [2.75, 3.05) is 11.3 Å². The predicted molar refractivity (Wildman–Crippen MR) is 84.1 cm³/mol. The molecule has 0 spiro atoms. The number of hydrogen-bond donors (Lipinski definition) is 2. The van der Waals surface area contributed by atoms with Gasteiger partial charge < -0.3 is 5.11 Å². The molecule has 1 unspecified atom stereocenters. The van der Waals surface area contributed by atoms with Crippen LogP contribution in [0.15, 0.2) is 28.7 Å². The smallest absolute Gasteiger partial charge is 0.335 e. The van der Waals surface area contributed by atoms with Gasteiger partial charge >= 0.3 is 5.97 Å². The minimum absolute atomic E-state index is 0.0189. The van der Waals surface area contributed by atoms with Crippen molar-refractivity contribution >= 4 is 56.0 Å². The van der Waals surface area contributed by atoms with Gasteiger partial charge in [-0.3, -0.25) is 10.2 Å². The Kier molecular flexibility index (Phi) is 4.18. The summed E-state index contributed by atoms with van der Waals surface area (Å²) in [4.78, 5) is 22.9. The molecule has 2 N–H and O–H groups in total. The number of anilines is 1. The van der Waals surface area contributed by atoms with Crippen molar-refractivity contribution in [2.24, 2.45) is 4.40 Å². The second kappa shape index (κ2) is 5.60. The number of nitrogens with one attached hydrogen (secondary N) is 1. The second-order valence-electron chi connectivity index (χ2n) is 4.21. The monoisotopic (exact) mass is 423 g/mol. The van der Waals surface area contributed by atoms with Gasteiger partial charge in [0.1, 0.15) is 0 Å². The Hall–Kier alpha value is -1.69. The highest BCUT2D eigenvalue weighted by atomic mass is 127. The molecule has 112 valence electrons. The molecular formula is C11H10IN3O5S. The Morgan fingerprint density at radius 1 is 1.38 bits per heavy atom. The van der Waals surface area contributed by atoms with Gasteiger partial charge in [0.25, 0.3) is 15.9 Å². The first-order valence-electron chi connectivity index (χ1n) is 5.57. The lowest BCUT2D eigenvalue weighted by atomic mass is 10.2. The topological polar surface area (TPSA) is 116 Å². The predicted octanol–water partition coefficient (Wildman–Crippen LogP) is 0.398. The number of nitrogens with zero attached hydrogens (tertiary/aromatic N) is 2. The van der Waals surface area contributed by atoms with Crippen molar-refractivity contribution in [3.63, 3.8) is 0 Å². The molecule has 0 saturated carbocycles. The molecular weight excluding hydrogens is 413 g/mol. The van der Waals surface area contributed by atoms with Crippen LogP contribution in [-0.4, -0.2) is 41.4 Å². The molecule has 0 radical (unpaired) electrons. The van der Waals surface area contributed by atoms with Crippen molar-refractivity contribution < 1.29 is 23.1 Å². The van der Waals surface area contributed by atoms with Crippen LogP contribution in [0.25, 0.3) is 0 Å². The molecule has 21 heavy (non-hydrogen) atoms. The Morgan fingerprint density at radius 2 is 1.95 bits per heavy atom. The van der Waals surface area contributed by atoms with E-state index in [1.807, 2.05) is 0 Å². The van der Waals surface area contributed by atoms with E-state index < -0.39 is 19.9 Å². The van der Waals surface area contributed by atoms with E-state index in [1.54, 1.807) is 22.6 Å². The SMILES string of the molecule is CS(=O)(=O)N=C1NN(c2ccc(C(=O)O)cc2)C(=O)C1I. The number of carbonyl (C=O) groups is 2. The molecule has 0 aliphatic carbocycles. The lowest BCUT2D eigenvalue weighted by Crippen LogP contribution is -2.36. The van der Waals surface area contributed by atoms with Gasteiger partial charge in [-0.2, -0.15) is 0 Å². The third-order valence-electron chi connectivity index (χ3n) is 2.54. The van der Waals surface area contributed by atoms with Gasteiger partial charge in [-0.1, -0.05) is 22.6 Å². The van der Waals surface area contributed by atoms with Crippen molar-refractivity contribution in [1.82, 2.24) is 5.43 Å². The number of amidine groups is 1. The largest absolute Gasteiger partial charge is 0.478 e. The molecule has 1 amide bonds. The van der Waals surface area contributed by atoms with Crippen molar-refractivity contribution in [3.05, 3.63) is 29.8 Å². The summed E-state index contributed by atoms with van der Waals surface area (Å²) < 4.78 is 25.1. The van der Waals surface area contributed by atoms with Gasteiger partial charge in [-0.05, 0) is 24.3 Å². The third kappa shape index (κ3) is 3.50. The summed E-state index contributed by atoms with van der Waals surface area (Å²) in [5.41, 5.74) is 3.09. The summed E-state index contributed by atoms with van der Waals surface area (Å²) in [7, 11) is -3.62. The molecule has 10 heteroatoms. The summed E-state index contributed by atoms with van der Waals surface area (Å²) in [5, 5.41) is 9.95. The molecule has 2 rings (SSSR count). The first kappa shape index (κ1) is 15.7. The zero-order valence-electron chi connectivity index (χ0n) is 10.6. The molecule has 1 saturated heterocycles. The van der Waals surface area contributed by atoms with E-state index in [2.05, 4.69) is 9.82 Å². The van der Waals surface area contributed by atoms with Gasteiger partial charge in [-0.25, -0.2) is 18.2 Å². The van der Waals surface area contributed by atoms with Crippen LogP contribution in [-0.2, 0) is 14.8 Å². The first-order chi connectivity index (χ1) is 9.69. The maximum atomic E-state index is 12.1. The van der Waals surface area contributed by atoms with Gasteiger partial charge in [0.05, 0.1) is 17.5 Å². The molecule has 1 aromatic carbocycles. The van der Waals surface area contributed by atoms with Crippen LogP contribution >= 0.6 is 22.6 Å². The van der Waals surface area contributed by atoms with Gasteiger partial charge in [-0.15, -0.1) is 4.40 Å². The Labute approximate surface area is 134 Å². The molecule has 1 atom stereocenters. The fourth-order valence-corrected chi connectivity index (χ4v) is 2.90. The standard InChI is InChI=1S/C11H10IN3O5S/c1-21(19,20)14-9-8(12)10(16)15(13-9)7-4-2-6(3-5-7)11(17)18/h2-5,8H,1H3,(H,13,14)(H,17,18). The number of hydrazine groups is 1. The van der Waals surface area contributed by atoms with Crippen molar-refractivity contribution in [1.29, 1.82) is 0 Å². The van der Waals surface area contributed by atoms with Crippen LogP contribution in [0.5, 0.6) is 0 Å². The molecule has 8 nitrogen and oxygen atoms in total. The van der Waals surface area contributed by atoms with E-state index in [9.17, 15) is 18.0 Å². The van der Waals surface area contributed by atoms with Crippen LogP contribution in [0.2, 0.25) is 0 Å². The van der Waals surface area contributed by atoms with E-state index in [4.69, 9.17) is 5.11 Å². The zero-order valence-corrected chi connectivity index (χ0v) is 13.6. The van der Waals surface area contributed by atoms with E-state index in [1.165, 1.54) is 24.3 Å². The molecule has 1 heterocycles. The first-order valence-corrected chi connectivity index (χ1v) is 8.66. The number of carboxylic acid groups (broad SMARTS) is 1. The number of rotatable bonds is 3. The molecule has 1 aliphatic rings. The number of carboxylic acids is 1. The van der Waals surface area contributed by atoms with Gasteiger partial charge in [0.15, 0.2) is 9.76 Å². The van der Waals surface area contributed by atoms with Crippen LogP contribution < -0.4 is 10.4 Å². The summed E-state index contributed by atoms with van der Waals surface area (Å²) in [6, 6.07) is 5.59. The summed E-state index contributed by atoms with van der Waals surface area (Å²) >= 11 is 1.78. The molecule has 0 aromatic heterocycles. The van der Waals surface area contributed by atoms with E-state index in [-0.39, 0.29) is 17.3 Å². The quantitative estimate of drug-likeness (QED) is 0.537. The van der Waals surface area contributed by atoms with E-state index in [0.717, 1.165) is 11.3 Å². The summed E-state index contributed by atoms with van der Waals surface area (Å²) in [6.07, 6.45) is 0.930. The minimum Gasteiger partial charge on any atom is -0.478 e. The Bertz CT molecular complexity index is 729. The highest BCUT2D eigenvalue weighted by Gasteiger charge is 2.37. The third-order valence-corrected chi connectivity index (χ3v) is 4.19. The normalized spacial score (nSPS) is 20.7. The second-order valence-corrected chi connectivity index (χ2v) is 7.10. The number of sulfonamides is 1. The zero-order chi connectivity index (χ0) is 15.8. The van der Waals surface area contributed by atoms with Gasteiger partial charge in [0.2, 0.25) is 0 Å². The van der Waals surface area contributed by atoms with Crippen molar-refractivity contribution in [2.45, 2.75) is 3.92 Å². The number of hydrogen-bond acceptors (Lipinski definition) is 4. The molecule has 1 fully saturated rings. The lowest BCUT2D eigenvalue weighted by molar-refractivity contribution is -0.116. The van der Waals surface area contributed by atoms with Gasteiger partial charge in [0, 0.05) is 0 Å². The Balaban J connectivity index is 2.32.